The van der Waals surface area contributed by atoms with Gasteiger partial charge in [-0.1, -0.05) is 20.8 Å². The topological polar surface area (TPSA) is 163 Å². The first-order chi connectivity index (χ1) is 13.9. The lowest BCUT2D eigenvalue weighted by molar-refractivity contribution is -0.167. The minimum atomic E-state index is -1.21. The van der Waals surface area contributed by atoms with Crippen LogP contribution in [0.5, 0.6) is 0 Å². The van der Waals surface area contributed by atoms with E-state index in [4.69, 9.17) is 11.5 Å². The number of rotatable bonds is 6. The van der Waals surface area contributed by atoms with Crippen LogP contribution in [0.3, 0.4) is 0 Å². The van der Waals surface area contributed by atoms with E-state index in [1.165, 1.54) is 4.90 Å². The minimum absolute atomic E-state index is 0.0267. The average Bonchev–Trinajstić information content (AvgIpc) is 2.63. The van der Waals surface area contributed by atoms with Crippen molar-refractivity contribution in [1.82, 2.24) is 14.7 Å². The van der Waals surface area contributed by atoms with Crippen molar-refractivity contribution in [2.75, 3.05) is 32.7 Å². The summed E-state index contributed by atoms with van der Waals surface area (Å²) in [5.74, 6) is -2.52. The summed E-state index contributed by atoms with van der Waals surface area (Å²) in [4.78, 5) is 57.1. The standard InChI is InChI=1S/C19H32N6O5/c1-19(2,3)11-13(26)23-7-9-24(10-8-23)18(30)25-14(16(28)29)12(15(25)27)5-4-6-22-17(20)21/h12,14H,4-11H2,1-3H3,(H,28,29)(H4,20,21,22)/t12-,14+/m1/s1. The van der Waals surface area contributed by atoms with Crippen molar-refractivity contribution in [2.24, 2.45) is 27.8 Å². The van der Waals surface area contributed by atoms with Crippen molar-refractivity contribution in [3.63, 3.8) is 0 Å². The van der Waals surface area contributed by atoms with Crippen LogP contribution in [0.4, 0.5) is 4.79 Å². The Bertz CT molecular complexity index is 719. The van der Waals surface area contributed by atoms with Crippen LogP contribution < -0.4 is 11.5 Å². The lowest BCUT2D eigenvalue weighted by Gasteiger charge is -2.46. The highest BCUT2D eigenvalue weighted by Gasteiger charge is 2.55. The highest BCUT2D eigenvalue weighted by Crippen LogP contribution is 2.32. The lowest BCUT2D eigenvalue weighted by atomic mass is 9.84. The van der Waals surface area contributed by atoms with Crippen molar-refractivity contribution in [1.29, 1.82) is 0 Å². The predicted molar refractivity (Wildman–Crippen MR) is 109 cm³/mol. The molecule has 168 valence electrons. The molecule has 0 radical (unpaired) electrons. The van der Waals surface area contributed by atoms with E-state index in [2.05, 4.69) is 4.99 Å². The number of urea groups is 1. The van der Waals surface area contributed by atoms with Gasteiger partial charge < -0.3 is 26.4 Å². The highest BCUT2D eigenvalue weighted by molar-refractivity contribution is 6.07. The molecule has 2 rings (SSSR count). The van der Waals surface area contributed by atoms with Crippen LogP contribution >= 0.6 is 0 Å². The summed E-state index contributed by atoms with van der Waals surface area (Å²) in [5.41, 5.74) is 10.4. The molecule has 0 aromatic heterocycles. The molecule has 0 aromatic carbocycles. The quantitative estimate of drug-likeness (QED) is 0.227. The number of aliphatic imine (C=N–C) groups is 1. The normalized spacial score (nSPS) is 21.8. The molecular weight excluding hydrogens is 392 g/mol. The maximum atomic E-state index is 12.8. The molecule has 30 heavy (non-hydrogen) atoms. The summed E-state index contributed by atoms with van der Waals surface area (Å²) in [6.07, 6.45) is 1.13. The van der Waals surface area contributed by atoms with Crippen LogP contribution in [0, 0.1) is 11.3 Å². The fraction of sp³-hybridized carbons (Fsp3) is 0.737. The van der Waals surface area contributed by atoms with Crippen molar-refractivity contribution >= 4 is 29.8 Å². The SMILES string of the molecule is CC(C)(C)CC(=O)N1CCN(C(=O)N2C(=O)[C@H](CCCN=C(N)N)[C@H]2C(=O)O)CC1. The number of hydrogen-bond donors (Lipinski definition) is 3. The Morgan fingerprint density at radius 3 is 2.17 bits per heavy atom. The zero-order chi connectivity index (χ0) is 22.6. The number of carbonyl (C=O) groups is 4. The molecule has 11 heteroatoms. The third-order valence-corrected chi connectivity index (χ3v) is 5.23. The number of carbonyl (C=O) groups excluding carboxylic acids is 3. The number of hydrogen-bond acceptors (Lipinski definition) is 5. The van der Waals surface area contributed by atoms with Crippen molar-refractivity contribution in [3.05, 3.63) is 0 Å². The molecule has 2 atom stereocenters. The maximum Gasteiger partial charge on any atom is 0.327 e. The maximum absolute atomic E-state index is 12.8. The summed E-state index contributed by atoms with van der Waals surface area (Å²) in [5, 5.41) is 9.52. The Morgan fingerprint density at radius 2 is 1.67 bits per heavy atom. The number of carboxylic acids is 1. The summed E-state index contributed by atoms with van der Waals surface area (Å²) in [7, 11) is 0. The Labute approximate surface area is 176 Å². The fourth-order valence-corrected chi connectivity index (χ4v) is 3.71. The van der Waals surface area contributed by atoms with E-state index in [0.717, 1.165) is 4.90 Å². The number of carboxylic acid groups (broad SMARTS) is 1. The second-order valence-corrected chi connectivity index (χ2v) is 8.93. The number of nitrogens with zero attached hydrogens (tertiary/aromatic N) is 4. The van der Waals surface area contributed by atoms with Crippen LogP contribution in [0.25, 0.3) is 0 Å². The Kier molecular flexibility index (Phi) is 7.27. The summed E-state index contributed by atoms with van der Waals surface area (Å²) < 4.78 is 0. The number of β-lactam (4-membered cyclic amide) rings is 1. The van der Waals surface area contributed by atoms with E-state index < -0.39 is 29.9 Å². The molecule has 2 heterocycles. The van der Waals surface area contributed by atoms with Crippen LogP contribution in [-0.4, -0.2) is 88.3 Å². The average molecular weight is 425 g/mol. The van der Waals surface area contributed by atoms with Crippen molar-refractivity contribution in [2.45, 2.75) is 46.1 Å². The first-order valence-electron chi connectivity index (χ1n) is 10.1. The number of guanidine groups is 1. The van der Waals surface area contributed by atoms with Gasteiger partial charge in [-0.3, -0.25) is 14.6 Å². The van der Waals surface area contributed by atoms with E-state index in [1.54, 1.807) is 4.90 Å². The molecule has 0 aliphatic carbocycles. The van der Waals surface area contributed by atoms with E-state index in [9.17, 15) is 24.3 Å². The van der Waals surface area contributed by atoms with Gasteiger partial charge in [-0.25, -0.2) is 14.5 Å². The fourth-order valence-electron chi connectivity index (χ4n) is 3.71. The molecule has 2 saturated heterocycles. The van der Waals surface area contributed by atoms with Gasteiger partial charge in [0.1, 0.15) is 0 Å². The second-order valence-electron chi connectivity index (χ2n) is 8.93. The highest BCUT2D eigenvalue weighted by atomic mass is 16.4. The summed E-state index contributed by atoms with van der Waals surface area (Å²) in [6, 6.07) is -1.81. The molecule has 0 unspecified atom stereocenters. The number of amides is 4. The zero-order valence-corrected chi connectivity index (χ0v) is 17.8. The molecule has 0 aromatic rings. The first-order valence-corrected chi connectivity index (χ1v) is 10.1. The molecule has 0 spiro atoms. The molecule has 2 aliphatic heterocycles. The number of likely N-dealkylation sites (tertiary alicyclic amines) is 1. The number of imide groups is 1. The molecule has 5 N–H and O–H groups in total. The predicted octanol–water partition coefficient (Wildman–Crippen LogP) is -0.348. The lowest BCUT2D eigenvalue weighted by Crippen LogP contribution is -2.69. The van der Waals surface area contributed by atoms with Gasteiger partial charge >= 0.3 is 12.0 Å². The Morgan fingerprint density at radius 1 is 1.10 bits per heavy atom. The number of piperazine rings is 1. The Hall–Kier alpha value is -2.85. The third-order valence-electron chi connectivity index (χ3n) is 5.23. The Balaban J connectivity index is 1.92. The number of aliphatic carboxylic acids is 1. The van der Waals surface area contributed by atoms with Gasteiger partial charge in [0.25, 0.3) is 0 Å². The van der Waals surface area contributed by atoms with E-state index in [0.29, 0.717) is 25.9 Å². The second kappa shape index (κ2) is 9.31. The van der Waals surface area contributed by atoms with Gasteiger partial charge in [0.15, 0.2) is 12.0 Å². The van der Waals surface area contributed by atoms with Gasteiger partial charge in [0.05, 0.1) is 5.92 Å². The van der Waals surface area contributed by atoms with Crippen LogP contribution in [0.2, 0.25) is 0 Å². The third kappa shape index (κ3) is 5.61. The van der Waals surface area contributed by atoms with Gasteiger partial charge in [-0.15, -0.1) is 0 Å². The van der Waals surface area contributed by atoms with Gasteiger partial charge in [-0.2, -0.15) is 0 Å². The molecular formula is C19H32N6O5. The van der Waals surface area contributed by atoms with Crippen LogP contribution in [-0.2, 0) is 14.4 Å². The minimum Gasteiger partial charge on any atom is -0.480 e. The molecule has 2 aliphatic rings. The molecule has 0 saturated carbocycles. The van der Waals surface area contributed by atoms with Crippen LogP contribution in [0.15, 0.2) is 4.99 Å². The first kappa shape index (κ1) is 23.4. The van der Waals surface area contributed by atoms with Crippen LogP contribution in [0.1, 0.15) is 40.0 Å². The monoisotopic (exact) mass is 424 g/mol. The largest absolute Gasteiger partial charge is 0.480 e. The zero-order valence-electron chi connectivity index (χ0n) is 17.8. The van der Waals surface area contributed by atoms with E-state index in [1.807, 2.05) is 20.8 Å². The van der Waals surface area contributed by atoms with Gasteiger partial charge in [-0.05, 0) is 18.3 Å². The molecule has 2 fully saturated rings. The molecule has 4 amide bonds. The summed E-state index contributed by atoms with van der Waals surface area (Å²) in [6.45, 7) is 7.50. The summed E-state index contributed by atoms with van der Waals surface area (Å²) >= 11 is 0. The smallest absolute Gasteiger partial charge is 0.327 e. The number of nitrogens with two attached hydrogens (primary N) is 2. The van der Waals surface area contributed by atoms with Gasteiger partial charge in [0.2, 0.25) is 11.8 Å². The molecule has 11 nitrogen and oxygen atoms in total. The van der Waals surface area contributed by atoms with Crippen molar-refractivity contribution in [3.8, 4) is 0 Å². The van der Waals surface area contributed by atoms with Gasteiger partial charge in [0, 0.05) is 39.1 Å². The van der Waals surface area contributed by atoms with E-state index >= 15 is 0 Å². The molecule has 0 bridgehead atoms. The van der Waals surface area contributed by atoms with Crippen molar-refractivity contribution < 1.29 is 24.3 Å². The van der Waals surface area contributed by atoms with E-state index in [-0.39, 0.29) is 43.3 Å².